The van der Waals surface area contributed by atoms with E-state index in [0.717, 1.165) is 18.4 Å². The molecule has 2 saturated heterocycles. The minimum atomic E-state index is -3.54. The number of rotatable bonds is 4. The van der Waals surface area contributed by atoms with Crippen molar-refractivity contribution >= 4 is 22.0 Å². The summed E-state index contributed by atoms with van der Waals surface area (Å²) >= 11 is 0. The standard InChI is InChI=1S/C23H35N3O5S/c1-18-5-7-20(8-6-18)32(29,30)26-15-13-24(14-16-26)21(27)17-19-9-11-25(12-10-19)22(28)31-23(2,3)4/h5-8,19H,9-17H2,1-4H3. The molecule has 2 heterocycles. The van der Waals surface area contributed by atoms with E-state index in [2.05, 4.69) is 0 Å². The largest absolute Gasteiger partial charge is 0.444 e. The molecule has 0 unspecified atom stereocenters. The van der Waals surface area contributed by atoms with Gasteiger partial charge in [0.15, 0.2) is 0 Å². The van der Waals surface area contributed by atoms with Crippen LogP contribution in [0.1, 0.15) is 45.6 Å². The van der Waals surface area contributed by atoms with Crippen molar-refractivity contribution in [1.29, 1.82) is 0 Å². The van der Waals surface area contributed by atoms with Crippen LogP contribution in [0.2, 0.25) is 0 Å². The van der Waals surface area contributed by atoms with Gasteiger partial charge in [-0.15, -0.1) is 0 Å². The molecule has 0 aromatic heterocycles. The number of carbonyl (C=O) groups excluding carboxylic acids is 2. The van der Waals surface area contributed by atoms with Gasteiger partial charge in [0, 0.05) is 45.7 Å². The van der Waals surface area contributed by atoms with Crippen LogP contribution < -0.4 is 0 Å². The van der Waals surface area contributed by atoms with Crippen molar-refractivity contribution in [3.05, 3.63) is 29.8 Å². The van der Waals surface area contributed by atoms with Crippen molar-refractivity contribution in [2.75, 3.05) is 39.3 Å². The summed E-state index contributed by atoms with van der Waals surface area (Å²) in [4.78, 5) is 28.7. The van der Waals surface area contributed by atoms with Crippen LogP contribution in [0.3, 0.4) is 0 Å². The number of amides is 2. The van der Waals surface area contributed by atoms with Gasteiger partial charge >= 0.3 is 6.09 Å². The Bertz CT molecular complexity index is 908. The molecule has 3 rings (SSSR count). The van der Waals surface area contributed by atoms with E-state index in [1.54, 1.807) is 34.1 Å². The summed E-state index contributed by atoms with van der Waals surface area (Å²) in [6.45, 7) is 10.1. The molecule has 0 radical (unpaired) electrons. The molecule has 9 heteroatoms. The van der Waals surface area contributed by atoms with E-state index in [0.29, 0.717) is 50.6 Å². The van der Waals surface area contributed by atoms with Crippen molar-refractivity contribution in [3.63, 3.8) is 0 Å². The maximum Gasteiger partial charge on any atom is 0.410 e. The molecule has 0 atom stereocenters. The fourth-order valence-corrected chi connectivity index (χ4v) is 5.48. The maximum absolute atomic E-state index is 12.8. The summed E-state index contributed by atoms with van der Waals surface area (Å²) in [5.41, 5.74) is 0.496. The van der Waals surface area contributed by atoms with E-state index in [-0.39, 0.29) is 17.9 Å². The predicted molar refractivity (Wildman–Crippen MR) is 122 cm³/mol. The average molecular weight is 466 g/mol. The second-order valence-electron chi connectivity index (χ2n) is 9.71. The van der Waals surface area contributed by atoms with E-state index in [1.807, 2.05) is 27.7 Å². The van der Waals surface area contributed by atoms with E-state index in [4.69, 9.17) is 4.74 Å². The van der Waals surface area contributed by atoms with Gasteiger partial charge < -0.3 is 14.5 Å². The fraction of sp³-hybridized carbons (Fsp3) is 0.652. The van der Waals surface area contributed by atoms with E-state index in [9.17, 15) is 18.0 Å². The molecule has 32 heavy (non-hydrogen) atoms. The lowest BCUT2D eigenvalue weighted by Crippen LogP contribution is -2.51. The highest BCUT2D eigenvalue weighted by molar-refractivity contribution is 7.89. The molecule has 2 fully saturated rings. The Balaban J connectivity index is 1.45. The SMILES string of the molecule is Cc1ccc(S(=O)(=O)N2CCN(C(=O)CC3CCN(C(=O)OC(C)(C)C)CC3)CC2)cc1. The van der Waals surface area contributed by atoms with Gasteiger partial charge in [-0.05, 0) is 58.6 Å². The Kier molecular flexibility index (Phi) is 7.50. The van der Waals surface area contributed by atoms with Gasteiger partial charge in [-0.1, -0.05) is 17.7 Å². The summed E-state index contributed by atoms with van der Waals surface area (Å²) in [7, 11) is -3.54. The van der Waals surface area contributed by atoms with Crippen LogP contribution in [-0.2, 0) is 19.6 Å². The first kappa shape index (κ1) is 24.5. The third-order valence-electron chi connectivity index (χ3n) is 5.98. The van der Waals surface area contributed by atoms with Gasteiger partial charge in [-0.3, -0.25) is 4.79 Å². The summed E-state index contributed by atoms with van der Waals surface area (Å²) in [6, 6.07) is 6.85. The van der Waals surface area contributed by atoms with E-state index in [1.165, 1.54) is 4.31 Å². The number of ether oxygens (including phenoxy) is 1. The quantitative estimate of drug-likeness (QED) is 0.682. The minimum Gasteiger partial charge on any atom is -0.444 e. The van der Waals surface area contributed by atoms with Gasteiger partial charge in [0.05, 0.1) is 4.90 Å². The number of aryl methyl sites for hydroxylation is 1. The molecule has 2 amide bonds. The van der Waals surface area contributed by atoms with Crippen LogP contribution in [0.4, 0.5) is 4.79 Å². The number of benzene rings is 1. The number of nitrogens with zero attached hydrogens (tertiary/aromatic N) is 3. The summed E-state index contributed by atoms with van der Waals surface area (Å²) in [6.07, 6.45) is 1.68. The number of piperidine rings is 1. The van der Waals surface area contributed by atoms with Crippen molar-refractivity contribution in [1.82, 2.24) is 14.1 Å². The molecule has 1 aromatic rings. The second kappa shape index (κ2) is 9.79. The molecule has 0 aliphatic carbocycles. The summed E-state index contributed by atoms with van der Waals surface area (Å²) < 4.78 is 32.6. The highest BCUT2D eigenvalue weighted by atomic mass is 32.2. The number of hydrogen-bond acceptors (Lipinski definition) is 5. The molecule has 0 N–H and O–H groups in total. The topological polar surface area (TPSA) is 87.2 Å². The Morgan fingerprint density at radius 2 is 1.50 bits per heavy atom. The normalized spacial score (nSPS) is 19.1. The smallest absolute Gasteiger partial charge is 0.410 e. The average Bonchev–Trinajstić information content (AvgIpc) is 2.73. The molecule has 1 aromatic carbocycles. The Morgan fingerprint density at radius 1 is 0.938 bits per heavy atom. The van der Waals surface area contributed by atoms with Gasteiger partial charge in [0.1, 0.15) is 5.60 Å². The van der Waals surface area contributed by atoms with Crippen molar-refractivity contribution < 1.29 is 22.7 Å². The minimum absolute atomic E-state index is 0.0631. The van der Waals surface area contributed by atoms with Gasteiger partial charge in [0.25, 0.3) is 0 Å². The van der Waals surface area contributed by atoms with Crippen molar-refractivity contribution in [3.8, 4) is 0 Å². The highest BCUT2D eigenvalue weighted by Gasteiger charge is 2.32. The summed E-state index contributed by atoms with van der Waals surface area (Å²) in [5, 5.41) is 0. The van der Waals surface area contributed by atoms with E-state index < -0.39 is 15.6 Å². The number of likely N-dealkylation sites (tertiary alicyclic amines) is 1. The van der Waals surface area contributed by atoms with Crippen LogP contribution in [0.25, 0.3) is 0 Å². The van der Waals surface area contributed by atoms with Crippen LogP contribution in [0, 0.1) is 12.8 Å². The highest BCUT2D eigenvalue weighted by Crippen LogP contribution is 2.24. The molecular formula is C23H35N3O5S. The molecule has 178 valence electrons. The number of hydrogen-bond donors (Lipinski definition) is 0. The molecule has 2 aliphatic rings. The first-order chi connectivity index (χ1) is 15.0. The zero-order valence-electron chi connectivity index (χ0n) is 19.5. The van der Waals surface area contributed by atoms with Crippen molar-refractivity contribution in [2.45, 2.75) is 57.5 Å². The number of carbonyl (C=O) groups is 2. The third-order valence-corrected chi connectivity index (χ3v) is 7.89. The predicted octanol–water partition coefficient (Wildman–Crippen LogP) is 2.87. The number of piperazine rings is 1. The Hall–Kier alpha value is -2.13. The maximum atomic E-state index is 12.8. The van der Waals surface area contributed by atoms with Gasteiger partial charge in [0.2, 0.25) is 15.9 Å². The molecule has 0 bridgehead atoms. The molecule has 0 saturated carbocycles. The lowest BCUT2D eigenvalue weighted by Gasteiger charge is -2.36. The first-order valence-corrected chi connectivity index (χ1v) is 12.7. The van der Waals surface area contributed by atoms with Crippen LogP contribution >= 0.6 is 0 Å². The molecule has 8 nitrogen and oxygen atoms in total. The Labute approximate surface area is 191 Å². The lowest BCUT2D eigenvalue weighted by atomic mass is 9.93. The zero-order chi connectivity index (χ0) is 23.5. The number of sulfonamides is 1. The monoisotopic (exact) mass is 465 g/mol. The van der Waals surface area contributed by atoms with E-state index >= 15 is 0 Å². The molecule has 2 aliphatic heterocycles. The molecular weight excluding hydrogens is 430 g/mol. The van der Waals surface area contributed by atoms with Gasteiger partial charge in [-0.2, -0.15) is 4.31 Å². The Morgan fingerprint density at radius 3 is 2.03 bits per heavy atom. The van der Waals surface area contributed by atoms with Crippen LogP contribution in [0.5, 0.6) is 0 Å². The van der Waals surface area contributed by atoms with Crippen LogP contribution in [0.15, 0.2) is 29.2 Å². The van der Waals surface area contributed by atoms with Crippen LogP contribution in [-0.4, -0.2) is 79.4 Å². The van der Waals surface area contributed by atoms with Gasteiger partial charge in [-0.25, -0.2) is 13.2 Å². The second-order valence-corrected chi connectivity index (χ2v) is 11.7. The zero-order valence-corrected chi connectivity index (χ0v) is 20.4. The lowest BCUT2D eigenvalue weighted by molar-refractivity contribution is -0.133. The first-order valence-electron chi connectivity index (χ1n) is 11.3. The molecule has 0 spiro atoms. The fourth-order valence-electron chi connectivity index (χ4n) is 4.06. The summed E-state index contributed by atoms with van der Waals surface area (Å²) in [5.74, 6) is 0.295. The third kappa shape index (κ3) is 6.22. The van der Waals surface area contributed by atoms with Crippen molar-refractivity contribution in [2.24, 2.45) is 5.92 Å².